The van der Waals surface area contributed by atoms with Crippen LogP contribution in [0.5, 0.6) is 0 Å². The average Bonchev–Trinajstić information content (AvgIpc) is 2.41. The fourth-order valence-electron chi connectivity index (χ4n) is 1.53. The molecule has 5 nitrogen and oxygen atoms in total. The van der Waals surface area contributed by atoms with Gasteiger partial charge in [0.15, 0.2) is 0 Å². The summed E-state index contributed by atoms with van der Waals surface area (Å²) < 4.78 is 0. The number of carbonyl (C=O) groups is 2. The monoisotopic (exact) mass is 261 g/mol. The first-order valence-corrected chi connectivity index (χ1v) is 6.11. The fraction of sp³-hybridized carbons (Fsp3) is 0.286. The molecule has 0 unspecified atom stereocenters. The second-order valence-corrected chi connectivity index (χ2v) is 3.95. The van der Waals surface area contributed by atoms with Crippen molar-refractivity contribution in [2.45, 2.75) is 6.92 Å². The number of anilines is 1. The number of carbonyl (C=O) groups excluding carboxylic acids is 2. The Morgan fingerprint density at radius 2 is 1.89 bits per heavy atom. The summed E-state index contributed by atoms with van der Waals surface area (Å²) in [4.78, 5) is 22.7. The third kappa shape index (κ3) is 5.25. The second kappa shape index (κ2) is 7.92. The topological polar surface area (TPSA) is 70.2 Å². The van der Waals surface area contributed by atoms with Crippen molar-refractivity contribution < 1.29 is 9.59 Å². The van der Waals surface area contributed by atoms with Gasteiger partial charge in [0.1, 0.15) is 0 Å². The number of rotatable bonds is 7. The average molecular weight is 261 g/mol. The molecule has 1 aromatic rings. The minimum absolute atomic E-state index is 0.109. The first-order chi connectivity index (χ1) is 9.15. The minimum atomic E-state index is -0.169. The van der Waals surface area contributed by atoms with Gasteiger partial charge in [-0.1, -0.05) is 18.2 Å². The van der Waals surface area contributed by atoms with Crippen LogP contribution in [0.25, 0.3) is 0 Å². The molecule has 0 saturated heterocycles. The maximum absolute atomic E-state index is 12.0. The number of hydrogen-bond donors (Lipinski definition) is 3. The van der Waals surface area contributed by atoms with Crippen molar-refractivity contribution in [3.8, 4) is 0 Å². The van der Waals surface area contributed by atoms with Crippen LogP contribution in [-0.2, 0) is 4.79 Å². The van der Waals surface area contributed by atoms with Crippen molar-refractivity contribution in [2.75, 3.05) is 25.0 Å². The number of benzene rings is 1. The molecule has 0 bridgehead atoms. The van der Waals surface area contributed by atoms with Gasteiger partial charge in [-0.25, -0.2) is 0 Å². The second-order valence-electron chi connectivity index (χ2n) is 3.95. The van der Waals surface area contributed by atoms with Crippen LogP contribution < -0.4 is 16.0 Å². The zero-order valence-corrected chi connectivity index (χ0v) is 11.0. The van der Waals surface area contributed by atoms with Crippen LogP contribution in [0.4, 0.5) is 5.69 Å². The molecule has 0 radical (unpaired) electrons. The highest BCUT2D eigenvalue weighted by molar-refractivity contribution is 5.99. The molecule has 0 aliphatic rings. The molecule has 0 spiro atoms. The molecular formula is C14H19N3O2. The van der Waals surface area contributed by atoms with Gasteiger partial charge in [-0.15, -0.1) is 6.58 Å². The predicted molar refractivity (Wildman–Crippen MR) is 76.1 cm³/mol. The Bertz CT molecular complexity index is 458. The molecule has 19 heavy (non-hydrogen) atoms. The Morgan fingerprint density at radius 3 is 2.58 bits per heavy atom. The number of hydrogen-bond acceptors (Lipinski definition) is 3. The summed E-state index contributed by atoms with van der Waals surface area (Å²) in [5.41, 5.74) is 1.34. The Balaban J connectivity index is 2.55. The smallest absolute Gasteiger partial charge is 0.253 e. The van der Waals surface area contributed by atoms with E-state index in [1.165, 1.54) is 6.92 Å². The number of nitrogens with one attached hydrogen (secondary N) is 3. The summed E-state index contributed by atoms with van der Waals surface area (Å²) in [5.74, 6) is -0.278. The first-order valence-electron chi connectivity index (χ1n) is 6.11. The molecule has 0 heterocycles. The molecule has 0 atom stereocenters. The van der Waals surface area contributed by atoms with Gasteiger partial charge in [-0.3, -0.25) is 9.59 Å². The van der Waals surface area contributed by atoms with E-state index in [0.29, 0.717) is 25.2 Å². The Morgan fingerprint density at radius 1 is 1.21 bits per heavy atom. The van der Waals surface area contributed by atoms with Crippen molar-refractivity contribution in [1.29, 1.82) is 0 Å². The third-order valence-corrected chi connectivity index (χ3v) is 2.39. The molecule has 1 rings (SSSR count). The van der Waals surface area contributed by atoms with E-state index in [2.05, 4.69) is 22.5 Å². The number of amides is 2. The largest absolute Gasteiger partial charge is 0.381 e. The quantitative estimate of drug-likeness (QED) is 0.509. The molecule has 0 aliphatic carbocycles. The van der Waals surface area contributed by atoms with Crippen LogP contribution >= 0.6 is 0 Å². The van der Waals surface area contributed by atoms with Gasteiger partial charge in [0.05, 0.1) is 5.56 Å². The van der Waals surface area contributed by atoms with E-state index in [-0.39, 0.29) is 11.8 Å². The van der Waals surface area contributed by atoms with Gasteiger partial charge >= 0.3 is 0 Å². The normalized spacial score (nSPS) is 9.53. The highest BCUT2D eigenvalue weighted by atomic mass is 16.2. The van der Waals surface area contributed by atoms with Crippen molar-refractivity contribution in [2.24, 2.45) is 0 Å². The van der Waals surface area contributed by atoms with Crippen LogP contribution in [-0.4, -0.2) is 31.4 Å². The standard InChI is InChI=1S/C14H19N3O2/c1-3-8-16-13-7-5-4-6-12(13)14(19)17-10-9-15-11(2)18/h3-7,16H,1,8-10H2,2H3,(H,15,18)(H,17,19). The maximum atomic E-state index is 12.0. The van der Waals surface area contributed by atoms with Crippen LogP contribution in [0, 0.1) is 0 Å². The third-order valence-electron chi connectivity index (χ3n) is 2.39. The molecule has 5 heteroatoms. The molecule has 0 aromatic heterocycles. The van der Waals surface area contributed by atoms with E-state index in [1.54, 1.807) is 12.1 Å². The van der Waals surface area contributed by atoms with Crippen LogP contribution in [0.15, 0.2) is 36.9 Å². The SMILES string of the molecule is C=CCNc1ccccc1C(=O)NCCNC(C)=O. The summed E-state index contributed by atoms with van der Waals surface area (Å²) in [7, 11) is 0. The van der Waals surface area contributed by atoms with Crippen LogP contribution in [0.2, 0.25) is 0 Å². The van der Waals surface area contributed by atoms with E-state index < -0.39 is 0 Å². The lowest BCUT2D eigenvalue weighted by Gasteiger charge is -2.11. The Hall–Kier alpha value is -2.30. The van der Waals surface area contributed by atoms with Crippen molar-refractivity contribution in [3.05, 3.63) is 42.5 Å². The molecule has 0 saturated carbocycles. The van der Waals surface area contributed by atoms with E-state index in [9.17, 15) is 9.59 Å². The van der Waals surface area contributed by atoms with Gasteiger partial charge in [-0.2, -0.15) is 0 Å². The van der Waals surface area contributed by atoms with E-state index in [1.807, 2.05) is 18.2 Å². The molecular weight excluding hydrogens is 242 g/mol. The number of para-hydroxylation sites is 1. The zero-order valence-electron chi connectivity index (χ0n) is 11.0. The fourth-order valence-corrected chi connectivity index (χ4v) is 1.53. The Labute approximate surface area is 113 Å². The lowest BCUT2D eigenvalue weighted by atomic mass is 10.1. The molecule has 0 fully saturated rings. The minimum Gasteiger partial charge on any atom is -0.381 e. The lowest BCUT2D eigenvalue weighted by Crippen LogP contribution is -2.33. The summed E-state index contributed by atoms with van der Waals surface area (Å²) >= 11 is 0. The van der Waals surface area contributed by atoms with Crippen LogP contribution in [0.3, 0.4) is 0 Å². The summed E-state index contributed by atoms with van der Waals surface area (Å²) in [5, 5.41) is 8.47. The lowest BCUT2D eigenvalue weighted by molar-refractivity contribution is -0.118. The van der Waals surface area contributed by atoms with Gasteiger partial charge in [0.2, 0.25) is 5.91 Å². The van der Waals surface area contributed by atoms with E-state index in [0.717, 1.165) is 5.69 Å². The van der Waals surface area contributed by atoms with Gasteiger partial charge in [0.25, 0.3) is 5.91 Å². The van der Waals surface area contributed by atoms with Gasteiger partial charge < -0.3 is 16.0 Å². The van der Waals surface area contributed by atoms with E-state index >= 15 is 0 Å². The summed E-state index contributed by atoms with van der Waals surface area (Å²) in [6, 6.07) is 7.26. The molecule has 3 N–H and O–H groups in total. The molecule has 2 amide bonds. The molecule has 102 valence electrons. The van der Waals surface area contributed by atoms with Crippen molar-refractivity contribution in [1.82, 2.24) is 10.6 Å². The zero-order chi connectivity index (χ0) is 14.1. The summed E-state index contributed by atoms with van der Waals surface area (Å²) in [6.45, 7) is 6.48. The van der Waals surface area contributed by atoms with Gasteiger partial charge in [0, 0.05) is 32.2 Å². The molecule has 1 aromatic carbocycles. The van der Waals surface area contributed by atoms with Gasteiger partial charge in [-0.05, 0) is 12.1 Å². The first kappa shape index (κ1) is 14.8. The van der Waals surface area contributed by atoms with Crippen molar-refractivity contribution in [3.63, 3.8) is 0 Å². The highest BCUT2D eigenvalue weighted by Gasteiger charge is 2.09. The molecule has 0 aliphatic heterocycles. The van der Waals surface area contributed by atoms with Crippen molar-refractivity contribution >= 4 is 17.5 Å². The van der Waals surface area contributed by atoms with Crippen LogP contribution in [0.1, 0.15) is 17.3 Å². The Kier molecular flexibility index (Phi) is 6.15. The maximum Gasteiger partial charge on any atom is 0.253 e. The van der Waals surface area contributed by atoms with E-state index in [4.69, 9.17) is 0 Å². The highest BCUT2D eigenvalue weighted by Crippen LogP contribution is 2.14. The summed E-state index contributed by atoms with van der Waals surface area (Å²) in [6.07, 6.45) is 1.73. The predicted octanol–water partition coefficient (Wildman–Crippen LogP) is 1.15.